The molecule has 2 aliphatic heterocycles. The van der Waals surface area contributed by atoms with Crippen LogP contribution < -0.4 is 11.1 Å². The lowest BCUT2D eigenvalue weighted by molar-refractivity contribution is -0.135. The molecule has 0 aromatic heterocycles. The topological polar surface area (TPSA) is 87.9 Å². The maximum absolute atomic E-state index is 13.0. The van der Waals surface area contributed by atoms with Gasteiger partial charge in [0.25, 0.3) is 0 Å². The number of piperidine rings is 1. The highest BCUT2D eigenvalue weighted by Crippen LogP contribution is 2.36. The minimum Gasteiger partial charge on any atom is -0.444 e. The van der Waals surface area contributed by atoms with Crippen LogP contribution in [0.25, 0.3) is 0 Å². The van der Waals surface area contributed by atoms with Gasteiger partial charge in [0.2, 0.25) is 5.91 Å². The van der Waals surface area contributed by atoms with E-state index < -0.39 is 17.4 Å². The molecule has 0 bridgehead atoms. The lowest BCUT2D eigenvalue weighted by atomic mass is 9.75. The average molecular weight is 354 g/mol. The number of nitrogens with two attached hydrogens (primary N) is 1. The Morgan fingerprint density at radius 1 is 1.44 bits per heavy atom. The smallest absolute Gasteiger partial charge is 0.410 e. The molecule has 144 valence electrons. The van der Waals surface area contributed by atoms with Gasteiger partial charge in [0.1, 0.15) is 17.4 Å². The van der Waals surface area contributed by atoms with Gasteiger partial charge in [-0.25, -0.2) is 4.79 Å². The molecule has 0 aromatic rings. The monoisotopic (exact) mass is 354 g/mol. The first kappa shape index (κ1) is 20.0. The second-order valence-electron chi connectivity index (χ2n) is 8.35. The predicted molar refractivity (Wildman–Crippen MR) is 96.7 cm³/mol. The zero-order chi connectivity index (χ0) is 18.8. The lowest BCUT2D eigenvalue weighted by Crippen LogP contribution is -2.59. The maximum Gasteiger partial charge on any atom is 0.410 e. The molecule has 7 heteroatoms. The van der Waals surface area contributed by atoms with E-state index in [0.29, 0.717) is 13.1 Å². The Labute approximate surface area is 151 Å². The van der Waals surface area contributed by atoms with Crippen LogP contribution in [0.4, 0.5) is 4.79 Å². The van der Waals surface area contributed by atoms with Crippen molar-refractivity contribution in [3.05, 3.63) is 0 Å². The molecule has 25 heavy (non-hydrogen) atoms. The number of amides is 2. The summed E-state index contributed by atoms with van der Waals surface area (Å²) in [7, 11) is 1.74. The van der Waals surface area contributed by atoms with Crippen LogP contribution in [0.5, 0.6) is 0 Å². The quantitative estimate of drug-likeness (QED) is 0.805. The summed E-state index contributed by atoms with van der Waals surface area (Å²) in [6.07, 6.45) is 3.70. The molecule has 2 amide bonds. The zero-order valence-corrected chi connectivity index (χ0v) is 16.3. The Bertz CT molecular complexity index is 505. The minimum atomic E-state index is -0.676. The number of rotatable bonds is 4. The van der Waals surface area contributed by atoms with Crippen molar-refractivity contribution in [2.24, 2.45) is 11.7 Å². The van der Waals surface area contributed by atoms with Crippen molar-refractivity contribution in [3.63, 3.8) is 0 Å². The number of nitrogens with zero attached hydrogens (tertiary/aromatic N) is 2. The van der Waals surface area contributed by atoms with Crippen LogP contribution in [0.1, 0.15) is 59.8 Å². The number of likely N-dealkylation sites (tertiary alicyclic amines) is 1. The Morgan fingerprint density at radius 3 is 2.64 bits per heavy atom. The van der Waals surface area contributed by atoms with E-state index in [9.17, 15) is 9.59 Å². The van der Waals surface area contributed by atoms with Crippen LogP contribution >= 0.6 is 0 Å². The third-order valence-electron chi connectivity index (χ3n) is 5.22. The molecule has 3 atom stereocenters. The molecule has 2 fully saturated rings. The third-order valence-corrected chi connectivity index (χ3v) is 5.22. The van der Waals surface area contributed by atoms with Crippen molar-refractivity contribution in [1.29, 1.82) is 0 Å². The molecule has 2 saturated heterocycles. The minimum absolute atomic E-state index is 0.0452. The standard InChI is InChI=1S/C18H34N4O3/c1-6-7-10-18(14(23)21(5)15(19)20-18)13-9-8-11-22(12-13)16(24)25-17(2,3)4/h13,15,20H,6-12,19H2,1-5H3. The average Bonchev–Trinajstić information content (AvgIpc) is 2.76. The van der Waals surface area contributed by atoms with Gasteiger partial charge in [-0.3, -0.25) is 15.8 Å². The van der Waals surface area contributed by atoms with Crippen molar-refractivity contribution in [3.8, 4) is 0 Å². The summed E-state index contributed by atoms with van der Waals surface area (Å²) in [6, 6.07) is 0. The van der Waals surface area contributed by atoms with Crippen LogP contribution in [0.3, 0.4) is 0 Å². The van der Waals surface area contributed by atoms with E-state index in [4.69, 9.17) is 10.5 Å². The molecule has 0 aliphatic carbocycles. The van der Waals surface area contributed by atoms with Crippen LogP contribution in [0.2, 0.25) is 0 Å². The van der Waals surface area contributed by atoms with Gasteiger partial charge in [-0.2, -0.15) is 0 Å². The number of nitrogens with one attached hydrogen (secondary N) is 1. The van der Waals surface area contributed by atoms with E-state index in [2.05, 4.69) is 12.2 Å². The Balaban J connectivity index is 2.18. The normalized spacial score (nSPS) is 30.7. The fraction of sp³-hybridized carbons (Fsp3) is 0.889. The summed E-state index contributed by atoms with van der Waals surface area (Å²) in [5, 5.41) is 3.35. The molecule has 2 aliphatic rings. The van der Waals surface area contributed by atoms with Crippen molar-refractivity contribution in [2.75, 3.05) is 20.1 Å². The van der Waals surface area contributed by atoms with E-state index in [-0.39, 0.29) is 17.9 Å². The Kier molecular flexibility index (Phi) is 5.99. The highest BCUT2D eigenvalue weighted by molar-refractivity contribution is 5.89. The first-order valence-electron chi connectivity index (χ1n) is 9.39. The van der Waals surface area contributed by atoms with Gasteiger partial charge in [0.15, 0.2) is 0 Å². The highest BCUT2D eigenvalue weighted by atomic mass is 16.6. The van der Waals surface area contributed by atoms with E-state index in [1.54, 1.807) is 16.8 Å². The van der Waals surface area contributed by atoms with Gasteiger partial charge in [0, 0.05) is 26.1 Å². The number of ether oxygens (including phenoxy) is 1. The summed E-state index contributed by atoms with van der Waals surface area (Å²) in [6.45, 7) is 8.91. The summed E-state index contributed by atoms with van der Waals surface area (Å²) in [5.74, 6) is 0.0910. The van der Waals surface area contributed by atoms with Crippen molar-refractivity contribution in [2.45, 2.75) is 77.2 Å². The van der Waals surface area contributed by atoms with Gasteiger partial charge < -0.3 is 14.5 Å². The summed E-state index contributed by atoms with van der Waals surface area (Å²) < 4.78 is 5.52. The lowest BCUT2D eigenvalue weighted by Gasteiger charge is -2.42. The van der Waals surface area contributed by atoms with Gasteiger partial charge in [-0.05, 0) is 40.0 Å². The number of unbranched alkanes of at least 4 members (excludes halogenated alkanes) is 1. The predicted octanol–water partition coefficient (Wildman–Crippen LogP) is 1.87. The van der Waals surface area contributed by atoms with E-state index >= 15 is 0 Å². The Hall–Kier alpha value is -1.34. The van der Waals surface area contributed by atoms with Crippen LogP contribution in [0.15, 0.2) is 0 Å². The molecule has 0 saturated carbocycles. The SMILES string of the molecule is CCCCC1(C2CCCN(C(=O)OC(C)(C)C)C2)NC(N)N(C)C1=O. The molecule has 3 N–H and O–H groups in total. The first-order chi connectivity index (χ1) is 11.6. The number of hydrogen-bond acceptors (Lipinski definition) is 5. The third kappa shape index (κ3) is 4.26. The first-order valence-corrected chi connectivity index (χ1v) is 9.39. The van der Waals surface area contributed by atoms with Gasteiger partial charge in [-0.1, -0.05) is 19.8 Å². The largest absolute Gasteiger partial charge is 0.444 e. The van der Waals surface area contributed by atoms with E-state index in [1.807, 2.05) is 20.8 Å². The van der Waals surface area contributed by atoms with E-state index in [0.717, 1.165) is 32.1 Å². The molecule has 0 radical (unpaired) electrons. The second-order valence-corrected chi connectivity index (χ2v) is 8.35. The highest BCUT2D eigenvalue weighted by Gasteiger charge is 2.54. The number of likely N-dealkylation sites (N-methyl/N-ethyl adjacent to an activating group) is 1. The van der Waals surface area contributed by atoms with Gasteiger partial charge >= 0.3 is 6.09 Å². The van der Waals surface area contributed by atoms with Crippen LogP contribution in [0, 0.1) is 5.92 Å². The summed E-state index contributed by atoms with van der Waals surface area (Å²) in [4.78, 5) is 28.8. The molecular weight excluding hydrogens is 320 g/mol. The summed E-state index contributed by atoms with van der Waals surface area (Å²) >= 11 is 0. The molecule has 7 nitrogen and oxygen atoms in total. The molecule has 0 aromatic carbocycles. The molecule has 2 rings (SSSR count). The fourth-order valence-electron chi connectivity index (χ4n) is 3.87. The van der Waals surface area contributed by atoms with Crippen molar-refractivity contribution in [1.82, 2.24) is 15.1 Å². The molecule has 3 unspecified atom stereocenters. The van der Waals surface area contributed by atoms with Crippen molar-refractivity contribution < 1.29 is 14.3 Å². The van der Waals surface area contributed by atoms with Gasteiger partial charge in [-0.15, -0.1) is 0 Å². The fourth-order valence-corrected chi connectivity index (χ4v) is 3.87. The summed E-state index contributed by atoms with van der Waals surface area (Å²) in [5.41, 5.74) is 4.89. The van der Waals surface area contributed by atoms with Crippen LogP contribution in [-0.4, -0.2) is 59.4 Å². The molecule has 0 spiro atoms. The van der Waals surface area contributed by atoms with Gasteiger partial charge in [0.05, 0.1) is 0 Å². The number of carbonyl (C=O) groups excluding carboxylic acids is 2. The number of hydrogen-bond donors (Lipinski definition) is 2. The van der Waals surface area contributed by atoms with Crippen molar-refractivity contribution >= 4 is 12.0 Å². The maximum atomic E-state index is 13.0. The zero-order valence-electron chi connectivity index (χ0n) is 16.3. The second kappa shape index (κ2) is 7.50. The Morgan fingerprint density at radius 2 is 2.12 bits per heavy atom. The number of carbonyl (C=O) groups is 2. The molecular formula is C18H34N4O3. The van der Waals surface area contributed by atoms with E-state index in [1.165, 1.54) is 0 Å². The van der Waals surface area contributed by atoms with Crippen LogP contribution in [-0.2, 0) is 9.53 Å². The molecule has 2 heterocycles.